The summed E-state index contributed by atoms with van der Waals surface area (Å²) < 4.78 is 5.46. The van der Waals surface area contributed by atoms with Crippen molar-refractivity contribution in [1.29, 1.82) is 0 Å². The van der Waals surface area contributed by atoms with Gasteiger partial charge in [0, 0.05) is 31.7 Å². The van der Waals surface area contributed by atoms with E-state index in [-0.39, 0.29) is 30.9 Å². The maximum atomic E-state index is 11.8. The van der Waals surface area contributed by atoms with E-state index in [2.05, 4.69) is 21.5 Å². The summed E-state index contributed by atoms with van der Waals surface area (Å²) in [5.41, 5.74) is 5.68. The standard InChI is InChI=1S/C16H22N4O3S/c21-14(8-9-17-15(22)12-5-2-1-3-6-12)19-20-16(24)18-11-13-7-4-10-23-13/h1-3,5-6,13H,4,7-11H2,(H,17,22)(H,19,21)(H2,18,20,24)/t13-/m1/s1. The Bertz CT molecular complexity index is 562. The van der Waals surface area contributed by atoms with Gasteiger partial charge in [0.1, 0.15) is 0 Å². The Morgan fingerprint density at radius 3 is 2.67 bits per heavy atom. The van der Waals surface area contributed by atoms with Crippen LogP contribution in [-0.4, -0.2) is 42.7 Å². The number of thiocarbonyl (C=S) groups is 1. The van der Waals surface area contributed by atoms with Crippen molar-refractivity contribution in [2.75, 3.05) is 19.7 Å². The van der Waals surface area contributed by atoms with Gasteiger partial charge < -0.3 is 15.4 Å². The predicted octanol–water partition coefficient (Wildman–Crippen LogP) is 0.481. The predicted molar refractivity (Wildman–Crippen MR) is 94.2 cm³/mol. The van der Waals surface area contributed by atoms with Gasteiger partial charge in [-0.3, -0.25) is 20.4 Å². The molecule has 0 unspecified atom stereocenters. The SMILES string of the molecule is O=C(CCNC(=O)c1ccccc1)NNC(=S)NC[C@H]1CCCO1. The average molecular weight is 350 g/mol. The molecule has 130 valence electrons. The lowest BCUT2D eigenvalue weighted by Gasteiger charge is -2.14. The molecule has 1 aromatic carbocycles. The minimum absolute atomic E-state index is 0.153. The third-order valence-corrected chi connectivity index (χ3v) is 3.75. The second kappa shape index (κ2) is 9.84. The molecular formula is C16H22N4O3S. The number of benzene rings is 1. The van der Waals surface area contributed by atoms with Crippen LogP contribution in [0.2, 0.25) is 0 Å². The van der Waals surface area contributed by atoms with Crippen molar-refractivity contribution < 1.29 is 14.3 Å². The Balaban J connectivity index is 1.54. The number of ether oxygens (including phenoxy) is 1. The van der Waals surface area contributed by atoms with Crippen LogP contribution in [-0.2, 0) is 9.53 Å². The van der Waals surface area contributed by atoms with Crippen molar-refractivity contribution in [2.45, 2.75) is 25.4 Å². The Labute approximate surface area is 146 Å². The molecule has 0 aliphatic carbocycles. The maximum Gasteiger partial charge on any atom is 0.251 e. The molecule has 0 bridgehead atoms. The summed E-state index contributed by atoms with van der Waals surface area (Å²) >= 11 is 5.06. The van der Waals surface area contributed by atoms with Crippen molar-refractivity contribution in [2.24, 2.45) is 0 Å². The molecule has 1 aliphatic rings. The van der Waals surface area contributed by atoms with Crippen molar-refractivity contribution in [3.63, 3.8) is 0 Å². The number of hydrazine groups is 1. The topological polar surface area (TPSA) is 91.5 Å². The Morgan fingerprint density at radius 2 is 1.96 bits per heavy atom. The summed E-state index contributed by atoms with van der Waals surface area (Å²) in [5, 5.41) is 6.01. The number of amides is 2. The molecule has 0 spiro atoms. The van der Waals surface area contributed by atoms with Gasteiger partial charge in [0.2, 0.25) is 5.91 Å². The van der Waals surface area contributed by atoms with Gasteiger partial charge in [0.15, 0.2) is 5.11 Å². The molecule has 4 N–H and O–H groups in total. The van der Waals surface area contributed by atoms with Gasteiger partial charge in [0.25, 0.3) is 5.91 Å². The maximum absolute atomic E-state index is 11.8. The van der Waals surface area contributed by atoms with Gasteiger partial charge in [-0.2, -0.15) is 0 Å². The minimum atomic E-state index is -0.260. The largest absolute Gasteiger partial charge is 0.376 e. The Hall–Kier alpha value is -2.19. The van der Waals surface area contributed by atoms with Gasteiger partial charge in [-0.1, -0.05) is 18.2 Å². The van der Waals surface area contributed by atoms with Gasteiger partial charge >= 0.3 is 0 Å². The summed E-state index contributed by atoms with van der Waals surface area (Å²) in [6, 6.07) is 8.85. The van der Waals surface area contributed by atoms with E-state index in [4.69, 9.17) is 17.0 Å². The van der Waals surface area contributed by atoms with Crippen LogP contribution < -0.4 is 21.5 Å². The van der Waals surface area contributed by atoms with Gasteiger partial charge in [-0.15, -0.1) is 0 Å². The second-order valence-electron chi connectivity index (χ2n) is 5.39. The van der Waals surface area contributed by atoms with Crippen LogP contribution in [0.15, 0.2) is 30.3 Å². The van der Waals surface area contributed by atoms with E-state index in [0.717, 1.165) is 19.4 Å². The zero-order chi connectivity index (χ0) is 17.2. The van der Waals surface area contributed by atoms with E-state index >= 15 is 0 Å². The smallest absolute Gasteiger partial charge is 0.251 e. The number of nitrogens with one attached hydrogen (secondary N) is 4. The molecule has 0 saturated carbocycles. The Kier molecular flexibility index (Phi) is 7.44. The van der Waals surface area contributed by atoms with Crippen molar-refractivity contribution in [1.82, 2.24) is 21.5 Å². The first-order valence-corrected chi connectivity index (χ1v) is 8.33. The highest BCUT2D eigenvalue weighted by molar-refractivity contribution is 7.80. The highest BCUT2D eigenvalue weighted by Gasteiger charge is 2.15. The molecule has 1 heterocycles. The molecule has 7 nitrogen and oxygen atoms in total. The van der Waals surface area contributed by atoms with Crippen LogP contribution in [0.25, 0.3) is 0 Å². The summed E-state index contributed by atoms with van der Waals surface area (Å²) in [6.07, 6.45) is 2.41. The lowest BCUT2D eigenvalue weighted by atomic mass is 10.2. The summed E-state index contributed by atoms with van der Waals surface area (Å²) in [7, 11) is 0. The van der Waals surface area contributed by atoms with E-state index in [9.17, 15) is 9.59 Å². The molecule has 2 rings (SSSR count). The van der Waals surface area contributed by atoms with E-state index in [1.807, 2.05) is 6.07 Å². The van der Waals surface area contributed by atoms with Gasteiger partial charge in [0.05, 0.1) is 6.10 Å². The number of hydrogen-bond donors (Lipinski definition) is 4. The third kappa shape index (κ3) is 6.51. The van der Waals surface area contributed by atoms with E-state index in [1.165, 1.54) is 0 Å². The van der Waals surface area contributed by atoms with E-state index < -0.39 is 0 Å². The normalized spacial score (nSPS) is 16.2. The van der Waals surface area contributed by atoms with Gasteiger partial charge in [-0.05, 0) is 37.2 Å². The first-order valence-electron chi connectivity index (χ1n) is 7.92. The first kappa shape index (κ1) is 18.2. The molecular weight excluding hydrogens is 328 g/mol. The quantitative estimate of drug-likeness (QED) is 0.441. The third-order valence-electron chi connectivity index (χ3n) is 3.50. The summed E-state index contributed by atoms with van der Waals surface area (Å²) in [4.78, 5) is 23.5. The monoisotopic (exact) mass is 350 g/mol. The molecule has 0 aromatic heterocycles. The molecule has 1 atom stereocenters. The average Bonchev–Trinajstić information content (AvgIpc) is 3.12. The molecule has 1 fully saturated rings. The number of hydrogen-bond acceptors (Lipinski definition) is 4. The van der Waals surface area contributed by atoms with E-state index in [1.54, 1.807) is 24.3 Å². The lowest BCUT2D eigenvalue weighted by Crippen LogP contribution is -2.48. The van der Waals surface area contributed by atoms with Crippen molar-refractivity contribution >= 4 is 29.1 Å². The Morgan fingerprint density at radius 1 is 1.17 bits per heavy atom. The highest BCUT2D eigenvalue weighted by Crippen LogP contribution is 2.10. The van der Waals surface area contributed by atoms with Crippen molar-refractivity contribution in [3.05, 3.63) is 35.9 Å². The fourth-order valence-corrected chi connectivity index (χ4v) is 2.36. The van der Waals surface area contributed by atoms with Crippen LogP contribution in [0, 0.1) is 0 Å². The van der Waals surface area contributed by atoms with Crippen LogP contribution in [0.1, 0.15) is 29.6 Å². The summed E-state index contributed by atoms with van der Waals surface area (Å²) in [6.45, 7) is 1.66. The molecule has 1 saturated heterocycles. The zero-order valence-corrected chi connectivity index (χ0v) is 14.2. The molecule has 0 radical (unpaired) electrons. The minimum Gasteiger partial charge on any atom is -0.376 e. The fourth-order valence-electron chi connectivity index (χ4n) is 2.23. The number of carbonyl (C=O) groups is 2. The van der Waals surface area contributed by atoms with Crippen LogP contribution in [0.3, 0.4) is 0 Å². The fraction of sp³-hybridized carbons (Fsp3) is 0.438. The molecule has 1 aliphatic heterocycles. The second-order valence-corrected chi connectivity index (χ2v) is 5.80. The van der Waals surface area contributed by atoms with E-state index in [0.29, 0.717) is 17.2 Å². The number of rotatable bonds is 6. The van der Waals surface area contributed by atoms with Gasteiger partial charge in [-0.25, -0.2) is 0 Å². The zero-order valence-electron chi connectivity index (χ0n) is 13.3. The van der Waals surface area contributed by atoms with Crippen LogP contribution >= 0.6 is 12.2 Å². The molecule has 2 amide bonds. The van der Waals surface area contributed by atoms with Crippen LogP contribution in [0.5, 0.6) is 0 Å². The van der Waals surface area contributed by atoms with Crippen LogP contribution in [0.4, 0.5) is 0 Å². The van der Waals surface area contributed by atoms with Crippen molar-refractivity contribution in [3.8, 4) is 0 Å². The number of carbonyl (C=O) groups excluding carboxylic acids is 2. The lowest BCUT2D eigenvalue weighted by molar-refractivity contribution is -0.121. The summed E-state index contributed by atoms with van der Waals surface area (Å²) in [5.74, 6) is -0.463. The first-order chi connectivity index (χ1) is 11.6. The molecule has 24 heavy (non-hydrogen) atoms. The molecule has 1 aromatic rings. The highest BCUT2D eigenvalue weighted by atomic mass is 32.1. The molecule has 8 heteroatoms.